The van der Waals surface area contributed by atoms with Crippen molar-refractivity contribution in [1.29, 1.82) is 0 Å². The average Bonchev–Trinajstić information content (AvgIpc) is 2.69. The topological polar surface area (TPSA) is 86.0 Å². The summed E-state index contributed by atoms with van der Waals surface area (Å²) in [7, 11) is 0. The molecule has 0 saturated heterocycles. The Morgan fingerprint density at radius 1 is 1.17 bits per heavy atom. The van der Waals surface area contributed by atoms with Gasteiger partial charge < -0.3 is 15.6 Å². The molecule has 1 aliphatic heterocycles. The molecule has 1 atom stereocenters. The number of hydrogen-bond donors (Lipinski definition) is 4. The lowest BCUT2D eigenvalue weighted by Gasteiger charge is -2.32. The molecule has 1 unspecified atom stereocenters. The molecule has 1 aromatic heterocycles. The van der Waals surface area contributed by atoms with Crippen LogP contribution in [-0.2, 0) is 17.5 Å². The van der Waals surface area contributed by atoms with Crippen molar-refractivity contribution in [3.63, 3.8) is 0 Å². The predicted molar refractivity (Wildman–Crippen MR) is 106 cm³/mol. The van der Waals surface area contributed by atoms with Gasteiger partial charge in [0.05, 0.1) is 5.56 Å². The standard InChI is InChI=1S/C19H16BrF3N4O2/c20-15-5-4-13(9-14(15)19(21,22)23)27-17(29)18(7-1-2-8-25-18)26-11-12-3-6-16(28)24-10-12/h1-10,25-26H,11H2,(H,24,28)(H,27,29). The van der Waals surface area contributed by atoms with Gasteiger partial charge in [-0.05, 0) is 42.1 Å². The van der Waals surface area contributed by atoms with Gasteiger partial charge in [0.1, 0.15) is 0 Å². The Labute approximate surface area is 172 Å². The molecule has 0 saturated carbocycles. The Morgan fingerprint density at radius 3 is 2.59 bits per heavy atom. The van der Waals surface area contributed by atoms with Crippen LogP contribution in [-0.4, -0.2) is 16.6 Å². The monoisotopic (exact) mass is 468 g/mol. The second-order valence-corrected chi connectivity index (χ2v) is 7.09. The summed E-state index contributed by atoms with van der Waals surface area (Å²) >= 11 is 2.87. The van der Waals surface area contributed by atoms with Crippen LogP contribution in [0.25, 0.3) is 0 Å². The van der Waals surface area contributed by atoms with Crippen molar-refractivity contribution in [2.24, 2.45) is 0 Å². The lowest BCUT2D eigenvalue weighted by molar-refractivity contribution is -0.138. The number of allylic oxidation sites excluding steroid dienone is 2. The number of carbonyl (C=O) groups excluding carboxylic acids is 1. The third-order valence-corrected chi connectivity index (χ3v) is 4.86. The molecule has 1 amide bonds. The Hall–Kier alpha value is -2.85. The fourth-order valence-corrected chi connectivity index (χ4v) is 3.13. The summed E-state index contributed by atoms with van der Waals surface area (Å²) in [6.07, 6.45) is 3.35. The molecule has 0 radical (unpaired) electrons. The summed E-state index contributed by atoms with van der Waals surface area (Å²) in [4.78, 5) is 26.6. The zero-order valence-corrected chi connectivity index (χ0v) is 16.4. The summed E-state index contributed by atoms with van der Waals surface area (Å²) in [5, 5.41) is 8.44. The molecule has 1 aromatic carbocycles. The largest absolute Gasteiger partial charge is 0.417 e. The van der Waals surface area contributed by atoms with Crippen LogP contribution in [0.1, 0.15) is 11.1 Å². The first kappa shape index (κ1) is 20.9. The Bertz CT molecular complexity index is 1010. The number of hydrogen-bond acceptors (Lipinski definition) is 4. The summed E-state index contributed by atoms with van der Waals surface area (Å²) < 4.78 is 39.2. The number of pyridine rings is 1. The maximum absolute atomic E-state index is 13.1. The molecule has 4 N–H and O–H groups in total. The van der Waals surface area contributed by atoms with E-state index >= 15 is 0 Å². The van der Waals surface area contributed by atoms with Crippen molar-refractivity contribution in [2.45, 2.75) is 18.4 Å². The molecule has 2 heterocycles. The molecule has 2 aromatic rings. The van der Waals surface area contributed by atoms with Crippen molar-refractivity contribution in [3.05, 3.63) is 86.9 Å². The second kappa shape index (κ2) is 8.26. The number of rotatable bonds is 5. The number of amides is 1. The molecular formula is C19H16BrF3N4O2. The number of carbonyl (C=O) groups is 1. The van der Waals surface area contributed by atoms with Crippen LogP contribution in [0.4, 0.5) is 18.9 Å². The highest BCUT2D eigenvalue weighted by molar-refractivity contribution is 9.10. The van der Waals surface area contributed by atoms with Crippen LogP contribution >= 0.6 is 15.9 Å². The molecule has 0 fully saturated rings. The van der Waals surface area contributed by atoms with Crippen LogP contribution in [0, 0.1) is 0 Å². The van der Waals surface area contributed by atoms with E-state index in [1.54, 1.807) is 30.5 Å². The van der Waals surface area contributed by atoms with Gasteiger partial charge in [-0.15, -0.1) is 0 Å². The third kappa shape index (κ3) is 4.96. The average molecular weight is 469 g/mol. The van der Waals surface area contributed by atoms with Gasteiger partial charge >= 0.3 is 6.18 Å². The fraction of sp³-hybridized carbons (Fsp3) is 0.158. The highest BCUT2D eigenvalue weighted by Gasteiger charge is 2.37. The van der Waals surface area contributed by atoms with E-state index in [0.29, 0.717) is 5.56 Å². The molecule has 3 rings (SSSR count). The van der Waals surface area contributed by atoms with E-state index in [2.05, 4.69) is 36.9 Å². The minimum atomic E-state index is -4.56. The van der Waals surface area contributed by atoms with Gasteiger partial charge in [-0.1, -0.05) is 28.1 Å². The number of halogens is 4. The van der Waals surface area contributed by atoms with Gasteiger partial charge in [0.25, 0.3) is 5.91 Å². The molecule has 1 aliphatic rings. The number of aromatic amines is 1. The van der Waals surface area contributed by atoms with Crippen molar-refractivity contribution in [1.82, 2.24) is 15.6 Å². The van der Waals surface area contributed by atoms with Crippen molar-refractivity contribution in [2.75, 3.05) is 5.32 Å². The third-order valence-electron chi connectivity index (χ3n) is 4.17. The smallest absolute Gasteiger partial charge is 0.362 e. The van der Waals surface area contributed by atoms with Crippen molar-refractivity contribution < 1.29 is 18.0 Å². The maximum atomic E-state index is 13.1. The quantitative estimate of drug-likeness (QED) is 0.542. The van der Waals surface area contributed by atoms with E-state index in [1.807, 2.05) is 0 Å². The van der Waals surface area contributed by atoms with Gasteiger partial charge in [0.2, 0.25) is 5.56 Å². The first-order valence-corrected chi connectivity index (χ1v) is 9.22. The Kier molecular flexibility index (Phi) is 5.94. The lowest BCUT2D eigenvalue weighted by atomic mass is 10.1. The van der Waals surface area contributed by atoms with E-state index in [-0.39, 0.29) is 22.3 Å². The lowest BCUT2D eigenvalue weighted by Crippen LogP contribution is -2.61. The number of alkyl halides is 3. The predicted octanol–water partition coefficient (Wildman–Crippen LogP) is 3.25. The first-order chi connectivity index (χ1) is 13.7. The SMILES string of the molecule is O=C(Nc1ccc(Br)c(C(F)(F)F)c1)C1(NCc2ccc(=O)[nH]c2)C=CC=CN1. The molecular weight excluding hydrogens is 453 g/mol. The van der Waals surface area contributed by atoms with E-state index in [1.165, 1.54) is 24.4 Å². The summed E-state index contributed by atoms with van der Waals surface area (Å²) in [6, 6.07) is 6.41. The van der Waals surface area contributed by atoms with Gasteiger partial charge in [-0.3, -0.25) is 14.9 Å². The zero-order valence-electron chi connectivity index (χ0n) is 14.8. The minimum absolute atomic E-state index is 0.000458. The zero-order chi connectivity index (χ0) is 21.1. The summed E-state index contributed by atoms with van der Waals surface area (Å²) in [5.74, 6) is -0.599. The molecule has 0 spiro atoms. The van der Waals surface area contributed by atoms with Crippen molar-refractivity contribution >= 4 is 27.5 Å². The second-order valence-electron chi connectivity index (χ2n) is 6.23. The Balaban J connectivity index is 1.81. The van der Waals surface area contributed by atoms with E-state index in [4.69, 9.17) is 0 Å². The summed E-state index contributed by atoms with van der Waals surface area (Å²) in [5.41, 5.74) is -1.82. The number of anilines is 1. The molecule has 152 valence electrons. The normalized spacial score (nSPS) is 18.3. The maximum Gasteiger partial charge on any atom is 0.417 e. The van der Waals surface area contributed by atoms with E-state index in [0.717, 1.165) is 6.07 Å². The number of nitrogens with one attached hydrogen (secondary N) is 4. The van der Waals surface area contributed by atoms with E-state index in [9.17, 15) is 22.8 Å². The highest BCUT2D eigenvalue weighted by atomic mass is 79.9. The molecule has 0 bridgehead atoms. The van der Waals surface area contributed by atoms with Gasteiger partial charge in [0, 0.05) is 29.0 Å². The fourth-order valence-electron chi connectivity index (χ4n) is 2.66. The molecule has 10 heteroatoms. The molecule has 6 nitrogen and oxygen atoms in total. The van der Waals surface area contributed by atoms with Gasteiger partial charge in [-0.2, -0.15) is 13.2 Å². The van der Waals surface area contributed by atoms with Crippen LogP contribution in [0.15, 0.2) is 70.2 Å². The molecule has 29 heavy (non-hydrogen) atoms. The summed E-state index contributed by atoms with van der Waals surface area (Å²) in [6.45, 7) is 0.212. The highest BCUT2D eigenvalue weighted by Crippen LogP contribution is 2.36. The van der Waals surface area contributed by atoms with E-state index < -0.39 is 23.3 Å². The van der Waals surface area contributed by atoms with Gasteiger partial charge in [0.15, 0.2) is 5.66 Å². The number of aromatic nitrogens is 1. The number of H-pyrrole nitrogens is 1. The van der Waals surface area contributed by atoms with Crippen LogP contribution in [0.3, 0.4) is 0 Å². The number of dihydropyridines is 1. The van der Waals surface area contributed by atoms with Crippen LogP contribution in [0.2, 0.25) is 0 Å². The minimum Gasteiger partial charge on any atom is -0.362 e. The first-order valence-electron chi connectivity index (χ1n) is 8.42. The van der Waals surface area contributed by atoms with Gasteiger partial charge in [-0.25, -0.2) is 0 Å². The van der Waals surface area contributed by atoms with Crippen LogP contribution < -0.4 is 21.5 Å². The number of benzene rings is 1. The van der Waals surface area contributed by atoms with Crippen molar-refractivity contribution in [3.8, 4) is 0 Å². The Morgan fingerprint density at radius 2 is 1.97 bits per heavy atom. The van der Waals surface area contributed by atoms with Crippen LogP contribution in [0.5, 0.6) is 0 Å². The molecule has 0 aliphatic carbocycles.